The first-order valence-corrected chi connectivity index (χ1v) is 14.9. The molecule has 3 aromatic rings. The first-order chi connectivity index (χ1) is 19.9. The lowest BCUT2D eigenvalue weighted by molar-refractivity contribution is -0.133. The molecule has 0 radical (unpaired) electrons. The lowest BCUT2D eigenvalue weighted by atomic mass is 9.85. The van der Waals surface area contributed by atoms with Crippen molar-refractivity contribution in [3.05, 3.63) is 104 Å². The van der Waals surface area contributed by atoms with Gasteiger partial charge < -0.3 is 14.7 Å². The van der Waals surface area contributed by atoms with E-state index in [-0.39, 0.29) is 17.5 Å². The summed E-state index contributed by atoms with van der Waals surface area (Å²) in [4.78, 5) is 36.0. The van der Waals surface area contributed by atoms with E-state index in [0.29, 0.717) is 37.3 Å². The predicted molar refractivity (Wildman–Crippen MR) is 166 cm³/mol. The molecule has 1 spiro atoms. The molecule has 0 N–H and O–H groups in total. The number of azide groups is 1. The molecule has 3 aromatic carbocycles. The number of likely N-dealkylation sites (tertiary alicyclic amines) is 1. The smallest absolute Gasteiger partial charge is 0.250 e. The second-order valence-electron chi connectivity index (χ2n) is 10.6. The van der Waals surface area contributed by atoms with Crippen LogP contribution in [0.1, 0.15) is 41.6 Å². The molecule has 2 fully saturated rings. The third kappa shape index (κ3) is 6.55. The van der Waals surface area contributed by atoms with Gasteiger partial charge in [-0.2, -0.15) is 0 Å². The highest BCUT2D eigenvalue weighted by Crippen LogP contribution is 2.39. The van der Waals surface area contributed by atoms with Crippen LogP contribution in [0.25, 0.3) is 10.4 Å². The highest BCUT2D eigenvalue weighted by atomic mass is 127. The predicted octanol–water partition coefficient (Wildman–Crippen LogP) is 6.72. The summed E-state index contributed by atoms with van der Waals surface area (Å²) in [5.74, 6) is -0.144. The van der Waals surface area contributed by atoms with Crippen LogP contribution in [0, 0.1) is 9.39 Å². The standard InChI is InChI=1S/C31H32FIN6O2/c32-25-11-9-24(10-12-25)29(40)7-4-17-37-19-15-31(16-20-37)30(41)38(22-39(31)26-5-2-1-3-6-26)18-14-23-8-13-28(35-36-34)27(33)21-23/h1-3,5-6,8-13,21H,4,7,14-20,22H2. The third-order valence-corrected chi connectivity index (χ3v) is 9.01. The van der Waals surface area contributed by atoms with Gasteiger partial charge in [0.25, 0.3) is 0 Å². The number of anilines is 1. The van der Waals surface area contributed by atoms with Gasteiger partial charge in [-0.1, -0.05) is 35.4 Å². The summed E-state index contributed by atoms with van der Waals surface area (Å²) < 4.78 is 14.1. The number of hydrogen-bond donors (Lipinski definition) is 0. The number of nitrogens with zero attached hydrogens (tertiary/aromatic N) is 6. The Hall–Kier alpha value is -3.47. The Morgan fingerprint density at radius 3 is 2.44 bits per heavy atom. The summed E-state index contributed by atoms with van der Waals surface area (Å²) in [6.45, 7) is 3.51. The topological polar surface area (TPSA) is 92.6 Å². The van der Waals surface area contributed by atoms with E-state index in [1.807, 2.05) is 41.3 Å². The number of hydrogen-bond acceptors (Lipinski definition) is 5. The fraction of sp³-hybridized carbons (Fsp3) is 0.355. The maximum absolute atomic E-state index is 14.0. The molecular formula is C31H32FIN6O2. The van der Waals surface area contributed by atoms with Crippen LogP contribution < -0.4 is 4.90 Å². The quantitative estimate of drug-likeness (QED) is 0.0790. The maximum atomic E-state index is 14.0. The summed E-state index contributed by atoms with van der Waals surface area (Å²) >= 11 is 2.17. The molecule has 0 aliphatic carbocycles. The second kappa shape index (κ2) is 13.0. The molecular weight excluding hydrogens is 634 g/mol. The summed E-state index contributed by atoms with van der Waals surface area (Å²) in [6, 6.07) is 21.7. The van der Waals surface area contributed by atoms with E-state index in [4.69, 9.17) is 5.53 Å². The lowest BCUT2D eigenvalue weighted by Gasteiger charge is -2.43. The van der Waals surface area contributed by atoms with Crippen molar-refractivity contribution in [1.82, 2.24) is 9.80 Å². The first kappa shape index (κ1) is 29.0. The SMILES string of the molecule is [N-]=[N+]=Nc1ccc(CCN2CN(c3ccccc3)C3(CCN(CCCC(=O)c4ccc(F)cc4)CC3)C2=O)cc1I. The van der Waals surface area contributed by atoms with E-state index in [0.717, 1.165) is 53.7 Å². The van der Waals surface area contributed by atoms with E-state index in [2.05, 4.69) is 54.5 Å². The second-order valence-corrected chi connectivity index (χ2v) is 11.8. The number of amides is 1. The van der Waals surface area contributed by atoms with Crippen LogP contribution in [0.3, 0.4) is 0 Å². The molecule has 8 nitrogen and oxygen atoms in total. The Morgan fingerprint density at radius 1 is 1.02 bits per heavy atom. The van der Waals surface area contributed by atoms with Crippen molar-refractivity contribution in [2.45, 2.75) is 37.6 Å². The molecule has 1 amide bonds. The number of ketones is 1. The van der Waals surface area contributed by atoms with E-state index in [1.54, 1.807) is 0 Å². The minimum Gasteiger partial charge on any atom is -0.339 e. The number of rotatable bonds is 10. The van der Waals surface area contributed by atoms with Gasteiger partial charge in [0.05, 0.1) is 12.4 Å². The number of para-hydroxylation sites is 1. The number of halogens is 2. The molecule has 0 saturated carbocycles. The van der Waals surface area contributed by atoms with Crippen molar-refractivity contribution in [3.8, 4) is 0 Å². The maximum Gasteiger partial charge on any atom is 0.250 e. The molecule has 0 bridgehead atoms. The monoisotopic (exact) mass is 666 g/mol. The number of benzene rings is 3. The van der Waals surface area contributed by atoms with Crippen molar-refractivity contribution in [3.63, 3.8) is 0 Å². The Kier molecular flexibility index (Phi) is 9.22. The molecule has 2 saturated heterocycles. The number of carbonyl (C=O) groups excluding carboxylic acids is 2. The fourth-order valence-corrected chi connectivity index (χ4v) is 6.55. The molecule has 0 unspecified atom stereocenters. The van der Waals surface area contributed by atoms with Crippen molar-refractivity contribution in [1.29, 1.82) is 0 Å². The van der Waals surface area contributed by atoms with Gasteiger partial charge in [0.2, 0.25) is 5.91 Å². The van der Waals surface area contributed by atoms with Gasteiger partial charge in [-0.05, 0) is 108 Å². The Bertz CT molecular complexity index is 1440. The number of Topliss-reactive ketones (excluding diaryl/α,β-unsaturated/α-hetero) is 1. The van der Waals surface area contributed by atoms with Crippen molar-refractivity contribution in [2.75, 3.05) is 37.7 Å². The summed E-state index contributed by atoms with van der Waals surface area (Å²) in [6.07, 6.45) is 3.30. The molecule has 2 aliphatic rings. The first-order valence-electron chi connectivity index (χ1n) is 13.9. The van der Waals surface area contributed by atoms with E-state index >= 15 is 0 Å². The molecule has 2 heterocycles. The summed E-state index contributed by atoms with van der Waals surface area (Å²) in [5, 5.41) is 3.72. The molecule has 212 valence electrons. The largest absolute Gasteiger partial charge is 0.339 e. The van der Waals surface area contributed by atoms with Crippen LogP contribution in [-0.2, 0) is 11.2 Å². The van der Waals surface area contributed by atoms with Crippen molar-refractivity contribution < 1.29 is 14.0 Å². The molecule has 5 rings (SSSR count). The molecule has 0 aromatic heterocycles. The van der Waals surface area contributed by atoms with Crippen LogP contribution in [0.15, 0.2) is 77.9 Å². The third-order valence-electron chi connectivity index (χ3n) is 8.14. The lowest BCUT2D eigenvalue weighted by Crippen LogP contribution is -2.56. The fourth-order valence-electron chi connectivity index (χ4n) is 5.86. The van der Waals surface area contributed by atoms with Crippen LogP contribution in [-0.4, -0.2) is 59.9 Å². The van der Waals surface area contributed by atoms with Gasteiger partial charge in [-0.15, -0.1) is 0 Å². The van der Waals surface area contributed by atoms with Gasteiger partial charge in [-0.3, -0.25) is 9.59 Å². The zero-order valence-electron chi connectivity index (χ0n) is 22.8. The van der Waals surface area contributed by atoms with Gasteiger partial charge >= 0.3 is 0 Å². The van der Waals surface area contributed by atoms with Gasteiger partial charge in [0.1, 0.15) is 11.4 Å². The average molecular weight is 667 g/mol. The average Bonchev–Trinajstić information content (AvgIpc) is 3.25. The molecule has 41 heavy (non-hydrogen) atoms. The Balaban J connectivity index is 1.22. The summed E-state index contributed by atoms with van der Waals surface area (Å²) in [5.41, 5.74) is 11.5. The van der Waals surface area contributed by atoms with Crippen LogP contribution in [0.2, 0.25) is 0 Å². The van der Waals surface area contributed by atoms with Crippen molar-refractivity contribution >= 4 is 45.7 Å². The Morgan fingerprint density at radius 2 is 1.76 bits per heavy atom. The molecule has 10 heteroatoms. The molecule has 0 atom stereocenters. The number of piperidine rings is 1. The zero-order valence-corrected chi connectivity index (χ0v) is 24.9. The van der Waals surface area contributed by atoms with Crippen molar-refractivity contribution in [2.24, 2.45) is 5.11 Å². The zero-order chi connectivity index (χ0) is 28.8. The highest BCUT2D eigenvalue weighted by Gasteiger charge is 2.53. The van der Waals surface area contributed by atoms with Crippen LogP contribution in [0.5, 0.6) is 0 Å². The summed E-state index contributed by atoms with van der Waals surface area (Å²) in [7, 11) is 0. The van der Waals surface area contributed by atoms with Crippen LogP contribution in [0.4, 0.5) is 15.8 Å². The highest BCUT2D eigenvalue weighted by molar-refractivity contribution is 14.1. The van der Waals surface area contributed by atoms with Crippen LogP contribution >= 0.6 is 22.6 Å². The van der Waals surface area contributed by atoms with E-state index in [9.17, 15) is 14.0 Å². The van der Waals surface area contributed by atoms with Gasteiger partial charge in [0, 0.05) is 45.8 Å². The van der Waals surface area contributed by atoms with E-state index in [1.165, 1.54) is 24.3 Å². The Labute approximate surface area is 252 Å². The minimum atomic E-state index is -0.582. The molecule has 2 aliphatic heterocycles. The van der Waals surface area contributed by atoms with Gasteiger partial charge in [0.15, 0.2) is 5.78 Å². The van der Waals surface area contributed by atoms with Gasteiger partial charge in [-0.25, -0.2) is 4.39 Å². The number of carbonyl (C=O) groups is 2. The normalized spacial score (nSPS) is 16.7. The minimum absolute atomic E-state index is 0.0254. The van der Waals surface area contributed by atoms with E-state index < -0.39 is 5.54 Å².